The molecule has 5 nitrogen and oxygen atoms in total. The first-order chi connectivity index (χ1) is 14.8. The third kappa shape index (κ3) is 5.95. The van der Waals surface area contributed by atoms with Crippen LogP contribution in [0, 0.1) is 12.8 Å². The Kier molecular flexibility index (Phi) is 7.13. The monoisotopic (exact) mass is 436 g/mol. The third-order valence-corrected chi connectivity index (χ3v) is 6.37. The van der Waals surface area contributed by atoms with E-state index in [0.717, 1.165) is 17.5 Å². The molecule has 0 saturated carbocycles. The van der Waals surface area contributed by atoms with Crippen LogP contribution in [0.25, 0.3) is 0 Å². The first kappa shape index (κ1) is 22.6. The van der Waals surface area contributed by atoms with Crippen molar-refractivity contribution in [1.82, 2.24) is 5.32 Å². The first-order valence-electron chi connectivity index (χ1n) is 10.3. The van der Waals surface area contributed by atoms with Gasteiger partial charge >= 0.3 is 0 Å². The molecule has 0 aliphatic carbocycles. The van der Waals surface area contributed by atoms with Crippen LogP contribution < -0.4 is 10.0 Å². The van der Waals surface area contributed by atoms with Crippen molar-refractivity contribution in [2.75, 3.05) is 4.72 Å². The van der Waals surface area contributed by atoms with Gasteiger partial charge in [-0.25, -0.2) is 8.42 Å². The van der Waals surface area contributed by atoms with Gasteiger partial charge in [0.2, 0.25) is 0 Å². The van der Waals surface area contributed by atoms with Gasteiger partial charge in [-0.2, -0.15) is 0 Å². The van der Waals surface area contributed by atoms with Crippen molar-refractivity contribution in [1.29, 1.82) is 0 Å². The zero-order chi connectivity index (χ0) is 22.4. The predicted molar refractivity (Wildman–Crippen MR) is 125 cm³/mol. The second kappa shape index (κ2) is 9.79. The minimum atomic E-state index is -3.82. The van der Waals surface area contributed by atoms with Gasteiger partial charge in [-0.05, 0) is 54.7 Å². The Morgan fingerprint density at radius 2 is 1.58 bits per heavy atom. The molecule has 1 atom stereocenters. The van der Waals surface area contributed by atoms with Crippen LogP contribution in [0.5, 0.6) is 0 Å². The average Bonchev–Trinajstić information content (AvgIpc) is 2.75. The molecular formula is C25H28N2O3S. The molecule has 1 amide bonds. The van der Waals surface area contributed by atoms with Gasteiger partial charge in [0.25, 0.3) is 15.9 Å². The molecule has 3 aromatic carbocycles. The van der Waals surface area contributed by atoms with E-state index in [-0.39, 0.29) is 16.8 Å². The third-order valence-electron chi connectivity index (χ3n) is 5.01. The summed E-state index contributed by atoms with van der Waals surface area (Å²) in [6, 6.07) is 22.9. The van der Waals surface area contributed by atoms with Gasteiger partial charge in [-0.1, -0.05) is 68.4 Å². The van der Waals surface area contributed by atoms with Crippen LogP contribution in [-0.2, 0) is 10.0 Å². The van der Waals surface area contributed by atoms with Crippen LogP contribution >= 0.6 is 0 Å². The van der Waals surface area contributed by atoms with Gasteiger partial charge in [-0.15, -0.1) is 0 Å². The molecule has 0 saturated heterocycles. The lowest BCUT2D eigenvalue weighted by Gasteiger charge is -2.21. The van der Waals surface area contributed by atoms with E-state index in [1.54, 1.807) is 24.3 Å². The molecule has 0 radical (unpaired) electrons. The van der Waals surface area contributed by atoms with Gasteiger partial charge < -0.3 is 5.32 Å². The molecule has 0 aromatic heterocycles. The number of anilines is 1. The van der Waals surface area contributed by atoms with Crippen molar-refractivity contribution in [2.24, 2.45) is 5.92 Å². The summed E-state index contributed by atoms with van der Waals surface area (Å²) in [5.41, 5.74) is 2.66. The van der Waals surface area contributed by atoms with Gasteiger partial charge in [0.1, 0.15) is 0 Å². The Bertz CT molecular complexity index is 1140. The fourth-order valence-corrected chi connectivity index (χ4v) is 4.55. The molecule has 0 bridgehead atoms. The second-order valence-electron chi connectivity index (χ2n) is 8.01. The predicted octanol–water partition coefficient (Wildman–Crippen LogP) is 5.31. The van der Waals surface area contributed by atoms with Gasteiger partial charge in [-0.3, -0.25) is 9.52 Å². The Morgan fingerprint density at radius 3 is 2.26 bits per heavy atom. The van der Waals surface area contributed by atoms with Gasteiger partial charge in [0, 0.05) is 5.56 Å². The second-order valence-corrected chi connectivity index (χ2v) is 9.70. The summed E-state index contributed by atoms with van der Waals surface area (Å²) in [5, 5.41) is 3.06. The molecule has 31 heavy (non-hydrogen) atoms. The number of sulfonamides is 1. The van der Waals surface area contributed by atoms with Crippen LogP contribution in [0.2, 0.25) is 0 Å². The first-order valence-corrected chi connectivity index (χ1v) is 11.8. The summed E-state index contributed by atoms with van der Waals surface area (Å²) in [5.74, 6) is 0.0815. The molecule has 3 aromatic rings. The number of hydrogen-bond donors (Lipinski definition) is 2. The topological polar surface area (TPSA) is 75.3 Å². The quantitative estimate of drug-likeness (QED) is 0.502. The fraction of sp³-hybridized carbons (Fsp3) is 0.240. The van der Waals surface area contributed by atoms with E-state index in [2.05, 4.69) is 23.9 Å². The van der Waals surface area contributed by atoms with E-state index in [4.69, 9.17) is 0 Å². The summed E-state index contributed by atoms with van der Waals surface area (Å²) in [6.45, 7) is 6.04. The minimum absolute atomic E-state index is 0.0449. The molecule has 0 spiro atoms. The Morgan fingerprint density at radius 1 is 0.903 bits per heavy atom. The lowest BCUT2D eigenvalue weighted by atomic mass is 9.96. The molecule has 0 unspecified atom stereocenters. The molecular weight excluding hydrogens is 408 g/mol. The summed E-state index contributed by atoms with van der Waals surface area (Å²) < 4.78 is 28.4. The highest BCUT2D eigenvalue weighted by Crippen LogP contribution is 2.23. The zero-order valence-corrected chi connectivity index (χ0v) is 18.8. The summed E-state index contributed by atoms with van der Waals surface area (Å²) in [7, 11) is -3.82. The van der Waals surface area contributed by atoms with Crippen LogP contribution in [0.3, 0.4) is 0 Å². The highest BCUT2D eigenvalue weighted by atomic mass is 32.2. The van der Waals surface area contributed by atoms with E-state index in [1.807, 2.05) is 49.4 Å². The van der Waals surface area contributed by atoms with E-state index >= 15 is 0 Å². The van der Waals surface area contributed by atoms with Crippen LogP contribution in [0.15, 0.2) is 83.8 Å². The molecule has 0 aliphatic rings. The number of amides is 1. The smallest absolute Gasteiger partial charge is 0.261 e. The highest BCUT2D eigenvalue weighted by molar-refractivity contribution is 7.92. The Labute approximate surface area is 184 Å². The van der Waals surface area contributed by atoms with Crippen LogP contribution in [-0.4, -0.2) is 14.3 Å². The number of carbonyl (C=O) groups excluding carboxylic acids is 1. The normalized spacial score (nSPS) is 12.4. The molecule has 0 heterocycles. The van der Waals surface area contributed by atoms with E-state index in [1.165, 1.54) is 12.1 Å². The maximum atomic E-state index is 13.0. The molecule has 0 aliphatic heterocycles. The van der Waals surface area contributed by atoms with Crippen molar-refractivity contribution in [3.63, 3.8) is 0 Å². The largest absolute Gasteiger partial charge is 0.345 e. The lowest BCUT2D eigenvalue weighted by Crippen LogP contribution is -2.29. The summed E-state index contributed by atoms with van der Waals surface area (Å²) in [4.78, 5) is 13.0. The molecule has 6 heteroatoms. The molecule has 0 fully saturated rings. The number of rotatable bonds is 8. The van der Waals surface area contributed by atoms with Crippen LogP contribution in [0.1, 0.15) is 47.8 Å². The van der Waals surface area contributed by atoms with E-state index < -0.39 is 10.0 Å². The lowest BCUT2D eigenvalue weighted by molar-refractivity contribution is 0.0931. The van der Waals surface area contributed by atoms with Gasteiger partial charge in [0.05, 0.1) is 16.6 Å². The standard InChI is InChI=1S/C25H28N2O3S/c1-18(2)16-24(20-11-5-4-6-12-20)26-25(28)21-13-9-14-22(17-21)31(29,30)27-23-15-8-7-10-19(23)3/h4-15,17-18,24,27H,16H2,1-3H3,(H,26,28)/t24-/m0/s1. The molecule has 2 N–H and O–H groups in total. The molecule has 3 rings (SSSR count). The zero-order valence-electron chi connectivity index (χ0n) is 18.0. The number of nitrogens with one attached hydrogen (secondary N) is 2. The van der Waals surface area contributed by atoms with E-state index in [9.17, 15) is 13.2 Å². The number of aryl methyl sites for hydroxylation is 1. The fourth-order valence-electron chi connectivity index (χ4n) is 3.37. The summed E-state index contributed by atoms with van der Waals surface area (Å²) >= 11 is 0. The van der Waals surface area contributed by atoms with Crippen molar-refractivity contribution in [3.05, 3.63) is 95.6 Å². The van der Waals surface area contributed by atoms with Crippen LogP contribution in [0.4, 0.5) is 5.69 Å². The van der Waals surface area contributed by atoms with Crippen molar-refractivity contribution in [3.8, 4) is 0 Å². The Balaban J connectivity index is 1.83. The maximum Gasteiger partial charge on any atom is 0.261 e. The molecule has 162 valence electrons. The van der Waals surface area contributed by atoms with Gasteiger partial charge in [0.15, 0.2) is 0 Å². The number of hydrogen-bond acceptors (Lipinski definition) is 3. The Hall–Kier alpha value is -3.12. The minimum Gasteiger partial charge on any atom is -0.345 e. The van der Waals surface area contributed by atoms with Crippen molar-refractivity contribution in [2.45, 2.75) is 38.1 Å². The number of carbonyl (C=O) groups is 1. The maximum absolute atomic E-state index is 13.0. The number of benzene rings is 3. The highest BCUT2D eigenvalue weighted by Gasteiger charge is 2.20. The summed E-state index contributed by atoms with van der Waals surface area (Å²) in [6.07, 6.45) is 0.780. The average molecular weight is 437 g/mol. The van der Waals surface area contributed by atoms with E-state index in [0.29, 0.717) is 17.2 Å². The SMILES string of the molecule is Cc1ccccc1NS(=O)(=O)c1cccc(C(=O)N[C@@H](CC(C)C)c2ccccc2)c1. The van der Waals surface area contributed by atoms with Crippen molar-refractivity contribution < 1.29 is 13.2 Å². The van der Waals surface area contributed by atoms with Crippen molar-refractivity contribution >= 4 is 21.6 Å². The number of para-hydroxylation sites is 1.